The molecule has 0 saturated heterocycles. The SMILES string of the molecule is COc1ccc(NC(=O)c2c(-c3ccccc3)c3c4n(c(-c5ccc(C)cc5)cn24)CCCC3)cc1. The average molecular weight is 476 g/mol. The molecular formula is C31H29N3O2. The van der Waals surface area contributed by atoms with E-state index in [0.29, 0.717) is 5.69 Å². The number of aromatic nitrogens is 2. The van der Waals surface area contributed by atoms with Crippen LogP contribution in [0.25, 0.3) is 28.0 Å². The van der Waals surface area contributed by atoms with Crippen LogP contribution in [-0.4, -0.2) is 22.0 Å². The highest BCUT2D eigenvalue weighted by molar-refractivity contribution is 6.10. The van der Waals surface area contributed by atoms with Crippen molar-refractivity contribution < 1.29 is 9.53 Å². The van der Waals surface area contributed by atoms with E-state index in [-0.39, 0.29) is 5.91 Å². The van der Waals surface area contributed by atoms with E-state index in [9.17, 15) is 4.79 Å². The van der Waals surface area contributed by atoms with Crippen LogP contribution in [0, 0.1) is 6.92 Å². The number of benzene rings is 3. The maximum atomic E-state index is 13.9. The molecule has 36 heavy (non-hydrogen) atoms. The van der Waals surface area contributed by atoms with Crippen molar-refractivity contribution >= 4 is 17.2 Å². The van der Waals surface area contributed by atoms with Crippen molar-refractivity contribution in [3.8, 4) is 28.1 Å². The van der Waals surface area contributed by atoms with E-state index < -0.39 is 0 Å². The summed E-state index contributed by atoms with van der Waals surface area (Å²) >= 11 is 0. The van der Waals surface area contributed by atoms with Crippen molar-refractivity contribution in [2.45, 2.75) is 32.7 Å². The van der Waals surface area contributed by atoms with E-state index in [1.165, 1.54) is 16.7 Å². The van der Waals surface area contributed by atoms with Crippen molar-refractivity contribution in [1.82, 2.24) is 8.97 Å². The lowest BCUT2D eigenvalue weighted by atomic mass is 9.98. The second-order valence-corrected chi connectivity index (χ2v) is 9.43. The van der Waals surface area contributed by atoms with Crippen molar-refractivity contribution in [3.05, 3.63) is 102 Å². The number of carbonyl (C=O) groups is 1. The summed E-state index contributed by atoms with van der Waals surface area (Å²) in [6, 6.07) is 26.4. The number of nitrogens with zero attached hydrogens (tertiary/aromatic N) is 2. The van der Waals surface area contributed by atoms with E-state index in [0.717, 1.165) is 59.7 Å². The third-order valence-electron chi connectivity index (χ3n) is 7.11. The standard InChI is InChI=1S/C31H29N3O2/c1-21-11-13-22(14-12-21)27-20-34-29(30(35)32-24-15-17-25(36-2)18-16-24)28(23-8-4-3-5-9-23)26-10-6-7-19-33(27)31(26)34/h3-5,8-9,11-18,20H,6-7,10,19H2,1-2H3,(H,32,35). The molecule has 3 aromatic carbocycles. The summed E-state index contributed by atoms with van der Waals surface area (Å²) in [5, 5.41) is 3.14. The molecule has 1 aliphatic rings. The lowest BCUT2D eigenvalue weighted by Crippen LogP contribution is -2.15. The molecule has 0 saturated carbocycles. The van der Waals surface area contributed by atoms with E-state index in [1.54, 1.807) is 7.11 Å². The first-order valence-corrected chi connectivity index (χ1v) is 12.5. The molecular weight excluding hydrogens is 446 g/mol. The topological polar surface area (TPSA) is 47.7 Å². The molecule has 0 spiro atoms. The number of amides is 1. The smallest absolute Gasteiger partial charge is 0.273 e. The Bertz CT molecular complexity index is 1540. The lowest BCUT2D eigenvalue weighted by Gasteiger charge is -2.10. The molecule has 0 atom stereocenters. The van der Waals surface area contributed by atoms with Gasteiger partial charge in [0.25, 0.3) is 5.91 Å². The van der Waals surface area contributed by atoms with Gasteiger partial charge in [0, 0.05) is 29.6 Å². The zero-order chi connectivity index (χ0) is 24.6. The number of rotatable bonds is 5. The average Bonchev–Trinajstić information content (AvgIpc) is 3.33. The van der Waals surface area contributed by atoms with Gasteiger partial charge in [-0.1, -0.05) is 60.2 Å². The molecule has 5 aromatic rings. The number of ether oxygens (including phenoxy) is 1. The highest BCUT2D eigenvalue weighted by Crippen LogP contribution is 2.39. The number of methoxy groups -OCH3 is 1. The van der Waals surface area contributed by atoms with Gasteiger partial charge in [0.15, 0.2) is 0 Å². The van der Waals surface area contributed by atoms with Crippen LogP contribution in [-0.2, 0) is 13.0 Å². The summed E-state index contributed by atoms with van der Waals surface area (Å²) in [6.07, 6.45) is 5.29. The summed E-state index contributed by atoms with van der Waals surface area (Å²) in [6.45, 7) is 3.04. The maximum absolute atomic E-state index is 13.9. The molecule has 1 aliphatic heterocycles. The van der Waals surface area contributed by atoms with Crippen LogP contribution in [0.2, 0.25) is 0 Å². The van der Waals surface area contributed by atoms with Gasteiger partial charge >= 0.3 is 0 Å². The Morgan fingerprint density at radius 2 is 1.64 bits per heavy atom. The summed E-state index contributed by atoms with van der Waals surface area (Å²) < 4.78 is 9.80. The van der Waals surface area contributed by atoms with Crippen LogP contribution in [0.1, 0.15) is 34.5 Å². The second-order valence-electron chi connectivity index (χ2n) is 9.43. The first kappa shape index (κ1) is 22.2. The van der Waals surface area contributed by atoms with Crippen LogP contribution in [0.3, 0.4) is 0 Å². The van der Waals surface area contributed by atoms with Gasteiger partial charge in [-0.15, -0.1) is 0 Å². The Labute approximate surface area is 211 Å². The minimum Gasteiger partial charge on any atom is -0.497 e. The van der Waals surface area contributed by atoms with E-state index in [2.05, 4.69) is 63.8 Å². The fourth-order valence-corrected chi connectivity index (χ4v) is 5.34. The highest BCUT2D eigenvalue weighted by atomic mass is 16.5. The monoisotopic (exact) mass is 475 g/mol. The Kier molecular flexibility index (Phi) is 5.61. The van der Waals surface area contributed by atoms with Gasteiger partial charge < -0.3 is 14.6 Å². The van der Waals surface area contributed by atoms with Gasteiger partial charge in [-0.25, -0.2) is 0 Å². The zero-order valence-electron chi connectivity index (χ0n) is 20.6. The van der Waals surface area contributed by atoms with Crippen LogP contribution >= 0.6 is 0 Å². The molecule has 180 valence electrons. The summed E-state index contributed by atoms with van der Waals surface area (Å²) in [7, 11) is 1.64. The first-order chi connectivity index (χ1) is 17.6. The predicted molar refractivity (Wildman–Crippen MR) is 145 cm³/mol. The van der Waals surface area contributed by atoms with Crippen molar-refractivity contribution in [1.29, 1.82) is 0 Å². The van der Waals surface area contributed by atoms with Crippen molar-refractivity contribution in [2.24, 2.45) is 0 Å². The number of hydrogen-bond donors (Lipinski definition) is 1. The highest BCUT2D eigenvalue weighted by Gasteiger charge is 2.29. The summed E-state index contributed by atoms with van der Waals surface area (Å²) in [5.74, 6) is 0.640. The van der Waals surface area contributed by atoms with Gasteiger partial charge in [0.05, 0.1) is 12.8 Å². The molecule has 5 heteroatoms. The molecule has 1 N–H and O–H groups in total. The second kappa shape index (κ2) is 9.08. The summed E-state index contributed by atoms with van der Waals surface area (Å²) in [5.41, 5.74) is 9.44. The van der Waals surface area contributed by atoms with Gasteiger partial charge in [-0.05, 0) is 61.6 Å². The number of carbonyl (C=O) groups excluding carboxylic acids is 1. The fourth-order valence-electron chi connectivity index (χ4n) is 5.34. The van der Waals surface area contributed by atoms with Crippen LogP contribution in [0.5, 0.6) is 5.75 Å². The Hall–Kier alpha value is -4.25. The zero-order valence-corrected chi connectivity index (χ0v) is 20.6. The van der Waals surface area contributed by atoms with Gasteiger partial charge in [0.2, 0.25) is 0 Å². The third kappa shape index (κ3) is 3.77. The van der Waals surface area contributed by atoms with E-state index in [1.807, 2.05) is 42.5 Å². The van der Waals surface area contributed by atoms with Crippen LogP contribution in [0.4, 0.5) is 5.69 Å². The van der Waals surface area contributed by atoms with Gasteiger partial charge in [-0.2, -0.15) is 0 Å². The molecule has 0 fully saturated rings. The molecule has 2 aromatic heterocycles. The first-order valence-electron chi connectivity index (χ1n) is 12.5. The van der Waals surface area contributed by atoms with Gasteiger partial charge in [0.1, 0.15) is 17.1 Å². The quantitative estimate of drug-likeness (QED) is 0.298. The summed E-state index contributed by atoms with van der Waals surface area (Å²) in [4.78, 5) is 13.9. The largest absolute Gasteiger partial charge is 0.497 e. The van der Waals surface area contributed by atoms with Crippen molar-refractivity contribution in [2.75, 3.05) is 12.4 Å². The minimum atomic E-state index is -0.117. The minimum absolute atomic E-state index is 0.117. The molecule has 0 bridgehead atoms. The normalized spacial score (nSPS) is 12.9. The number of nitrogens with one attached hydrogen (secondary N) is 1. The van der Waals surface area contributed by atoms with E-state index >= 15 is 0 Å². The molecule has 5 nitrogen and oxygen atoms in total. The maximum Gasteiger partial charge on any atom is 0.273 e. The fraction of sp³-hybridized carbons (Fsp3) is 0.194. The Morgan fingerprint density at radius 3 is 2.36 bits per heavy atom. The van der Waals surface area contributed by atoms with Crippen molar-refractivity contribution in [3.63, 3.8) is 0 Å². The molecule has 3 heterocycles. The number of hydrogen-bond acceptors (Lipinski definition) is 2. The van der Waals surface area contributed by atoms with Crippen LogP contribution < -0.4 is 10.1 Å². The molecule has 6 rings (SSSR count). The predicted octanol–water partition coefficient (Wildman–Crippen LogP) is 6.98. The van der Waals surface area contributed by atoms with Gasteiger partial charge in [-0.3, -0.25) is 9.20 Å². The third-order valence-corrected chi connectivity index (χ3v) is 7.11. The molecule has 1 amide bonds. The number of imidazole rings is 1. The Balaban J connectivity index is 1.57. The lowest BCUT2D eigenvalue weighted by molar-refractivity contribution is 0.102. The Morgan fingerprint density at radius 1 is 0.889 bits per heavy atom. The van der Waals surface area contributed by atoms with E-state index in [4.69, 9.17) is 4.74 Å². The molecule has 0 unspecified atom stereocenters. The molecule has 0 aliphatic carbocycles. The number of anilines is 1. The number of aryl methyl sites for hydroxylation is 3. The molecule has 0 radical (unpaired) electrons. The van der Waals surface area contributed by atoms with Crippen LogP contribution in [0.15, 0.2) is 85.1 Å².